The van der Waals surface area contributed by atoms with E-state index in [1.54, 1.807) is 24.2 Å². The first kappa shape index (κ1) is 24.5. The van der Waals surface area contributed by atoms with Crippen LogP contribution in [0.4, 0.5) is 0 Å². The molecule has 2 aromatic heterocycles. The third-order valence-corrected chi connectivity index (χ3v) is 5.92. The second kappa shape index (κ2) is 11.1. The minimum Gasteiger partial charge on any atom is -0.466 e. The molecule has 0 bridgehead atoms. The number of carbonyl (C=O) groups is 2. The van der Waals surface area contributed by atoms with Crippen LogP contribution in [0.15, 0.2) is 42.7 Å². The minimum atomic E-state index is -0.321. The Morgan fingerprint density at radius 3 is 2.64 bits per heavy atom. The summed E-state index contributed by atoms with van der Waals surface area (Å²) in [4.78, 5) is 31.0. The van der Waals surface area contributed by atoms with E-state index >= 15 is 0 Å². The molecular formula is C25H29ClN4O3. The Kier molecular flexibility index (Phi) is 8.22. The van der Waals surface area contributed by atoms with E-state index in [1.165, 1.54) is 0 Å². The van der Waals surface area contributed by atoms with Gasteiger partial charge in [-0.2, -0.15) is 5.10 Å². The highest BCUT2D eigenvalue weighted by Crippen LogP contribution is 2.23. The number of aryl methyl sites for hydroxylation is 2. The van der Waals surface area contributed by atoms with Gasteiger partial charge in [-0.05, 0) is 57.0 Å². The zero-order chi connectivity index (χ0) is 24.0. The Hall–Kier alpha value is -3.19. The number of ether oxygens (including phenoxy) is 1. The lowest BCUT2D eigenvalue weighted by molar-refractivity contribution is -0.144. The van der Waals surface area contributed by atoms with Crippen LogP contribution in [0.2, 0.25) is 5.02 Å². The number of benzene rings is 1. The normalized spacial score (nSPS) is 10.8. The molecule has 3 aromatic rings. The topological polar surface area (TPSA) is 77.3 Å². The van der Waals surface area contributed by atoms with E-state index in [4.69, 9.17) is 16.3 Å². The van der Waals surface area contributed by atoms with E-state index in [0.717, 1.165) is 33.8 Å². The van der Waals surface area contributed by atoms with E-state index in [1.807, 2.05) is 55.8 Å². The van der Waals surface area contributed by atoms with Gasteiger partial charge in [-0.15, -0.1) is 0 Å². The van der Waals surface area contributed by atoms with Gasteiger partial charge < -0.3 is 9.64 Å². The van der Waals surface area contributed by atoms with Gasteiger partial charge in [-0.1, -0.05) is 23.7 Å². The molecule has 1 amide bonds. The third-order valence-electron chi connectivity index (χ3n) is 5.51. The lowest BCUT2D eigenvalue weighted by atomic mass is 10.1. The van der Waals surface area contributed by atoms with Crippen molar-refractivity contribution in [3.8, 4) is 5.69 Å². The monoisotopic (exact) mass is 468 g/mol. The van der Waals surface area contributed by atoms with Gasteiger partial charge in [0.2, 0.25) is 5.91 Å². The zero-order valence-corrected chi connectivity index (χ0v) is 20.2. The highest BCUT2D eigenvalue weighted by molar-refractivity contribution is 6.31. The number of nitrogens with zero attached hydrogens (tertiary/aromatic N) is 4. The van der Waals surface area contributed by atoms with Crippen molar-refractivity contribution in [1.29, 1.82) is 0 Å². The summed E-state index contributed by atoms with van der Waals surface area (Å²) >= 11 is 6.30. The zero-order valence-electron chi connectivity index (χ0n) is 19.5. The summed E-state index contributed by atoms with van der Waals surface area (Å²) in [6, 6.07) is 9.52. The molecule has 2 heterocycles. The lowest BCUT2D eigenvalue weighted by Crippen LogP contribution is -2.34. The van der Waals surface area contributed by atoms with Crippen molar-refractivity contribution in [2.75, 3.05) is 13.2 Å². The van der Waals surface area contributed by atoms with Gasteiger partial charge in [0.15, 0.2) is 0 Å². The van der Waals surface area contributed by atoms with Crippen LogP contribution in [0.25, 0.3) is 5.69 Å². The average Bonchev–Trinajstić information content (AvgIpc) is 3.07. The number of hydrogen-bond acceptors (Lipinski definition) is 5. The molecule has 33 heavy (non-hydrogen) atoms. The summed E-state index contributed by atoms with van der Waals surface area (Å²) < 4.78 is 6.85. The number of rotatable bonds is 9. The van der Waals surface area contributed by atoms with Crippen LogP contribution >= 0.6 is 11.6 Å². The Balaban J connectivity index is 1.82. The molecule has 0 aliphatic rings. The number of amides is 1. The standard InChI is InChI=1S/C25H29ClN4O3/c1-5-33-25(32)10-12-29(16-20-7-6-11-27-15-20)24(31)14-22-18(3)28-30(19(22)4)21-9-8-17(2)23(26)13-21/h6-9,11,13,15H,5,10,12,14,16H2,1-4H3. The third kappa shape index (κ3) is 6.20. The van der Waals surface area contributed by atoms with Crippen molar-refractivity contribution in [3.63, 3.8) is 0 Å². The van der Waals surface area contributed by atoms with Crippen LogP contribution in [0.1, 0.15) is 41.4 Å². The maximum absolute atomic E-state index is 13.3. The summed E-state index contributed by atoms with van der Waals surface area (Å²) in [6.07, 6.45) is 3.73. The SMILES string of the molecule is CCOC(=O)CCN(Cc1cccnc1)C(=O)Cc1c(C)nn(-c2ccc(C)c(Cl)c2)c1C. The molecule has 0 aliphatic heterocycles. The fourth-order valence-electron chi connectivity index (χ4n) is 3.62. The Labute approximate surface area is 199 Å². The van der Waals surface area contributed by atoms with Crippen molar-refractivity contribution in [1.82, 2.24) is 19.7 Å². The summed E-state index contributed by atoms with van der Waals surface area (Å²) in [7, 11) is 0. The number of esters is 1. The van der Waals surface area contributed by atoms with Crippen LogP contribution in [0.5, 0.6) is 0 Å². The quantitative estimate of drug-likeness (QED) is 0.436. The van der Waals surface area contributed by atoms with Crippen LogP contribution in [-0.2, 0) is 27.3 Å². The summed E-state index contributed by atoms with van der Waals surface area (Å²) in [6.45, 7) is 8.51. The maximum atomic E-state index is 13.3. The van der Waals surface area contributed by atoms with Gasteiger partial charge >= 0.3 is 5.97 Å². The molecular weight excluding hydrogens is 440 g/mol. The molecule has 0 radical (unpaired) electrons. The number of hydrogen-bond donors (Lipinski definition) is 0. The van der Waals surface area contributed by atoms with Crippen LogP contribution in [0, 0.1) is 20.8 Å². The van der Waals surface area contributed by atoms with Crippen molar-refractivity contribution < 1.29 is 14.3 Å². The van der Waals surface area contributed by atoms with E-state index in [2.05, 4.69) is 10.1 Å². The highest BCUT2D eigenvalue weighted by atomic mass is 35.5. The van der Waals surface area contributed by atoms with Gasteiger partial charge in [0.1, 0.15) is 0 Å². The molecule has 1 aromatic carbocycles. The molecule has 174 valence electrons. The minimum absolute atomic E-state index is 0.0872. The highest BCUT2D eigenvalue weighted by Gasteiger charge is 2.21. The van der Waals surface area contributed by atoms with Crippen molar-refractivity contribution in [2.24, 2.45) is 0 Å². The van der Waals surface area contributed by atoms with Gasteiger partial charge in [0, 0.05) is 41.8 Å². The second-order valence-electron chi connectivity index (χ2n) is 7.90. The van der Waals surface area contributed by atoms with Crippen molar-refractivity contribution in [2.45, 2.75) is 47.1 Å². The Bertz CT molecular complexity index is 1130. The molecule has 0 spiro atoms. The molecule has 0 atom stereocenters. The molecule has 0 N–H and O–H groups in total. The van der Waals surface area contributed by atoms with Gasteiger partial charge in [0.25, 0.3) is 0 Å². The second-order valence-corrected chi connectivity index (χ2v) is 8.31. The first-order valence-electron chi connectivity index (χ1n) is 10.9. The predicted molar refractivity (Wildman–Crippen MR) is 127 cm³/mol. The van der Waals surface area contributed by atoms with Crippen LogP contribution in [-0.4, -0.2) is 44.7 Å². The predicted octanol–water partition coefficient (Wildman–Crippen LogP) is 4.37. The van der Waals surface area contributed by atoms with Gasteiger partial charge in [-0.25, -0.2) is 4.68 Å². The van der Waals surface area contributed by atoms with Crippen LogP contribution in [0.3, 0.4) is 0 Å². The lowest BCUT2D eigenvalue weighted by Gasteiger charge is -2.22. The molecule has 0 saturated carbocycles. The summed E-state index contributed by atoms with van der Waals surface area (Å²) in [5.74, 6) is -0.409. The smallest absolute Gasteiger partial charge is 0.307 e. The number of halogens is 1. The first-order chi connectivity index (χ1) is 15.8. The van der Waals surface area contributed by atoms with E-state index < -0.39 is 0 Å². The molecule has 0 aliphatic carbocycles. The van der Waals surface area contributed by atoms with E-state index in [9.17, 15) is 9.59 Å². The maximum Gasteiger partial charge on any atom is 0.307 e. The van der Waals surface area contributed by atoms with Crippen molar-refractivity contribution >= 4 is 23.5 Å². The van der Waals surface area contributed by atoms with Gasteiger partial charge in [-0.3, -0.25) is 14.6 Å². The average molecular weight is 469 g/mol. The number of carbonyl (C=O) groups excluding carboxylic acids is 2. The molecule has 0 fully saturated rings. The molecule has 8 heteroatoms. The van der Waals surface area contributed by atoms with E-state index in [0.29, 0.717) is 18.2 Å². The summed E-state index contributed by atoms with van der Waals surface area (Å²) in [5.41, 5.74) is 5.26. The molecule has 7 nitrogen and oxygen atoms in total. The fraction of sp³-hybridized carbons (Fsp3) is 0.360. The molecule has 0 unspecified atom stereocenters. The Morgan fingerprint density at radius 2 is 1.97 bits per heavy atom. The van der Waals surface area contributed by atoms with Gasteiger partial charge in [0.05, 0.1) is 30.8 Å². The molecule has 3 rings (SSSR count). The number of pyridine rings is 1. The van der Waals surface area contributed by atoms with Crippen LogP contribution < -0.4 is 0 Å². The largest absolute Gasteiger partial charge is 0.466 e. The van der Waals surface area contributed by atoms with E-state index in [-0.39, 0.29) is 31.3 Å². The Morgan fingerprint density at radius 1 is 1.18 bits per heavy atom. The number of aromatic nitrogens is 3. The first-order valence-corrected chi connectivity index (χ1v) is 11.3. The summed E-state index contributed by atoms with van der Waals surface area (Å²) in [5, 5.41) is 5.32. The molecule has 0 saturated heterocycles. The fourth-order valence-corrected chi connectivity index (χ4v) is 3.80. The van der Waals surface area contributed by atoms with Crippen molar-refractivity contribution in [3.05, 3.63) is 75.8 Å².